The Balaban J connectivity index is 0.000000751. The summed E-state index contributed by atoms with van der Waals surface area (Å²) in [5.41, 5.74) is 21.8. The first kappa shape index (κ1) is 59.4. The van der Waals surface area contributed by atoms with Crippen LogP contribution in [0.2, 0.25) is 0 Å². The van der Waals surface area contributed by atoms with E-state index in [2.05, 4.69) is 126 Å². The topological polar surface area (TPSA) is 119 Å². The minimum Gasteiger partial charge on any atom is -0.481 e. The SMILES string of the molecule is CCc1cccc(C)c1C.CO.Cc1cccc(C=O)c1C.Cc1cccc(CBr)c1C.Cc1cccc(CC#N)c1C.Cc1cccc(CC(=O)O)c1C.Cc1cccc(CO)c1C. The Morgan fingerprint density at radius 2 is 0.846 bits per heavy atom. The van der Waals surface area contributed by atoms with Crippen molar-refractivity contribution in [3.8, 4) is 6.07 Å². The minimum absolute atomic E-state index is 0.119. The van der Waals surface area contributed by atoms with Crippen LogP contribution in [0.1, 0.15) is 112 Å². The molecule has 7 heteroatoms. The van der Waals surface area contributed by atoms with E-state index in [0.717, 1.165) is 64.1 Å². The summed E-state index contributed by atoms with van der Waals surface area (Å²) in [6, 6.07) is 38.5. The van der Waals surface area contributed by atoms with Gasteiger partial charge in [-0.25, -0.2) is 0 Å². The van der Waals surface area contributed by atoms with Crippen molar-refractivity contribution < 1.29 is 24.9 Å². The zero-order chi connectivity index (χ0) is 49.6. The van der Waals surface area contributed by atoms with Gasteiger partial charge in [-0.05, 0) is 184 Å². The van der Waals surface area contributed by atoms with E-state index in [1.165, 1.54) is 61.2 Å². The number of rotatable bonds is 7. The predicted molar refractivity (Wildman–Crippen MR) is 278 cm³/mol. The highest BCUT2D eigenvalue weighted by Crippen LogP contribution is 2.17. The van der Waals surface area contributed by atoms with Crippen LogP contribution in [0.15, 0.2) is 109 Å². The molecule has 6 aromatic rings. The van der Waals surface area contributed by atoms with Crippen LogP contribution >= 0.6 is 15.9 Å². The normalized spacial score (nSPS) is 9.48. The maximum Gasteiger partial charge on any atom is 0.307 e. The number of carbonyl (C=O) groups is 2. The number of hydrogen-bond donors (Lipinski definition) is 3. The summed E-state index contributed by atoms with van der Waals surface area (Å²) in [6.45, 7) is 27.1. The first-order chi connectivity index (χ1) is 30.9. The molecule has 0 aliphatic heterocycles. The van der Waals surface area contributed by atoms with E-state index in [9.17, 15) is 9.59 Å². The van der Waals surface area contributed by atoms with Gasteiger partial charge in [0.1, 0.15) is 6.29 Å². The number of aliphatic hydroxyl groups is 2. The van der Waals surface area contributed by atoms with Crippen LogP contribution in [-0.2, 0) is 36.0 Å². The molecule has 0 saturated heterocycles. The number of carboxylic acids is 1. The molecule has 0 aliphatic rings. The van der Waals surface area contributed by atoms with Gasteiger partial charge in [0.15, 0.2) is 0 Å². The molecule has 0 bridgehead atoms. The van der Waals surface area contributed by atoms with Crippen molar-refractivity contribution >= 4 is 28.2 Å². The number of hydrogen-bond acceptors (Lipinski definition) is 5. The molecule has 0 saturated carbocycles. The summed E-state index contributed by atoms with van der Waals surface area (Å²) in [6.07, 6.45) is 2.68. The highest BCUT2D eigenvalue weighted by atomic mass is 79.9. The van der Waals surface area contributed by atoms with Crippen LogP contribution in [0.25, 0.3) is 0 Å². The van der Waals surface area contributed by atoms with Crippen molar-refractivity contribution in [3.63, 3.8) is 0 Å². The number of benzene rings is 6. The lowest BCUT2D eigenvalue weighted by Crippen LogP contribution is -2.02. The molecule has 6 nitrogen and oxygen atoms in total. The predicted octanol–water partition coefficient (Wildman–Crippen LogP) is 13.9. The Morgan fingerprint density at radius 1 is 0.523 bits per heavy atom. The number of carbonyl (C=O) groups excluding carboxylic acids is 1. The van der Waals surface area contributed by atoms with E-state index in [1.54, 1.807) is 0 Å². The lowest BCUT2D eigenvalue weighted by Gasteiger charge is -2.04. The summed E-state index contributed by atoms with van der Waals surface area (Å²) >= 11 is 3.44. The average molecular weight is 945 g/mol. The van der Waals surface area contributed by atoms with Gasteiger partial charge in [0, 0.05) is 18.0 Å². The molecule has 0 atom stereocenters. The van der Waals surface area contributed by atoms with E-state index < -0.39 is 5.97 Å². The van der Waals surface area contributed by atoms with Gasteiger partial charge in [0.25, 0.3) is 0 Å². The fourth-order valence-electron chi connectivity index (χ4n) is 6.29. The second-order valence-corrected chi connectivity index (χ2v) is 16.3. The molecule has 0 heterocycles. The quantitative estimate of drug-likeness (QED) is 0.108. The van der Waals surface area contributed by atoms with E-state index >= 15 is 0 Å². The first-order valence-electron chi connectivity index (χ1n) is 21.9. The van der Waals surface area contributed by atoms with Gasteiger partial charge in [-0.2, -0.15) is 5.26 Å². The molecule has 0 radical (unpaired) electrons. The average Bonchev–Trinajstić information content (AvgIpc) is 3.29. The number of aliphatic hydroxyl groups excluding tert-OH is 2. The molecule has 6 aromatic carbocycles. The molecule has 0 amide bonds. The smallest absolute Gasteiger partial charge is 0.307 e. The van der Waals surface area contributed by atoms with Crippen LogP contribution in [0.5, 0.6) is 0 Å². The van der Waals surface area contributed by atoms with Crippen molar-refractivity contribution in [2.75, 3.05) is 7.11 Å². The molecule has 0 aromatic heterocycles. The fraction of sp³-hybridized carbons (Fsp3) is 0.328. The summed E-state index contributed by atoms with van der Waals surface area (Å²) in [4.78, 5) is 20.8. The second kappa shape index (κ2) is 32.9. The summed E-state index contributed by atoms with van der Waals surface area (Å²) in [5, 5.41) is 33.9. The minimum atomic E-state index is -0.774. The molecule has 0 fully saturated rings. The fourth-order valence-corrected chi connectivity index (χ4v) is 6.90. The number of aryl methyl sites for hydroxylation is 7. The van der Waals surface area contributed by atoms with E-state index in [1.807, 2.05) is 95.3 Å². The van der Waals surface area contributed by atoms with Gasteiger partial charge in [0.2, 0.25) is 0 Å². The number of nitriles is 1. The Morgan fingerprint density at radius 3 is 1.17 bits per heavy atom. The number of carboxylic acid groups (broad SMARTS) is 1. The first-order valence-corrected chi connectivity index (χ1v) is 23.0. The summed E-state index contributed by atoms with van der Waals surface area (Å²) < 4.78 is 0. The molecule has 0 aliphatic carbocycles. The van der Waals surface area contributed by atoms with E-state index in [4.69, 9.17) is 20.6 Å². The van der Waals surface area contributed by atoms with Crippen molar-refractivity contribution in [2.24, 2.45) is 0 Å². The summed E-state index contributed by atoms with van der Waals surface area (Å²) in [5.74, 6) is -0.774. The van der Waals surface area contributed by atoms with Gasteiger partial charge in [-0.15, -0.1) is 0 Å². The molecule has 0 unspecified atom stereocenters. The van der Waals surface area contributed by atoms with Gasteiger partial charge >= 0.3 is 5.97 Å². The van der Waals surface area contributed by atoms with Crippen molar-refractivity contribution in [1.82, 2.24) is 0 Å². The van der Waals surface area contributed by atoms with Crippen LogP contribution < -0.4 is 0 Å². The Bertz CT molecular complexity index is 2290. The van der Waals surface area contributed by atoms with Gasteiger partial charge in [0.05, 0.1) is 25.5 Å². The maximum absolute atomic E-state index is 10.4. The zero-order valence-corrected chi connectivity index (χ0v) is 43.1. The van der Waals surface area contributed by atoms with E-state index in [-0.39, 0.29) is 13.0 Å². The van der Waals surface area contributed by atoms with Gasteiger partial charge in [-0.1, -0.05) is 132 Å². The standard InChI is InChI=1S/C10H11N.C10H12O2.C10H14.C9H11Br.C9H12O.C9H10O.CH4O/c1-8-4-3-5-10(6-7-11)9(8)2;1-7-4-3-5-9(8(7)2)6-10(11)12;1-4-10-7-5-6-8(2)9(10)3;3*1-7-4-3-5-9(6-10)8(7)2;1-2/h3-5H,6H2,1-2H3;3-5H,6H2,1-2H3,(H,11,12);5-7H,4H2,1-3H3;3-5H,6H2,1-2H3;3-5,10H,6H2,1-2H3;3-6H,1-2H3;2H,1H3. The van der Waals surface area contributed by atoms with Crippen molar-refractivity contribution in [3.05, 3.63) is 209 Å². The number of aliphatic carboxylic acids is 1. The van der Waals surface area contributed by atoms with Crippen molar-refractivity contribution in [1.29, 1.82) is 5.26 Å². The lowest BCUT2D eigenvalue weighted by atomic mass is 10.0. The molecule has 0 spiro atoms. The number of nitrogens with zero attached hydrogens (tertiary/aromatic N) is 1. The van der Waals surface area contributed by atoms with Crippen molar-refractivity contribution in [2.45, 2.75) is 121 Å². The third-order valence-electron chi connectivity index (χ3n) is 11.7. The molecule has 348 valence electrons. The van der Waals surface area contributed by atoms with Crippen LogP contribution in [0.4, 0.5) is 0 Å². The van der Waals surface area contributed by atoms with Gasteiger partial charge < -0.3 is 15.3 Å². The summed E-state index contributed by atoms with van der Waals surface area (Å²) in [7, 11) is 1.00. The Labute approximate surface area is 400 Å². The molecule has 65 heavy (non-hydrogen) atoms. The number of aldehydes is 1. The number of alkyl halides is 1. The third-order valence-corrected chi connectivity index (χ3v) is 12.3. The Kier molecular flexibility index (Phi) is 30.1. The highest BCUT2D eigenvalue weighted by Gasteiger charge is 2.05. The van der Waals surface area contributed by atoms with Crippen LogP contribution in [0.3, 0.4) is 0 Å². The molecule has 6 rings (SSSR count). The second-order valence-electron chi connectivity index (χ2n) is 15.8. The van der Waals surface area contributed by atoms with Crippen LogP contribution in [-0.4, -0.2) is 34.7 Å². The van der Waals surface area contributed by atoms with Gasteiger partial charge in [-0.3, -0.25) is 9.59 Å². The molecular weight excluding hydrogens is 871 g/mol. The molecule has 3 N–H and O–H groups in total. The monoisotopic (exact) mass is 943 g/mol. The highest BCUT2D eigenvalue weighted by molar-refractivity contribution is 9.08. The maximum atomic E-state index is 10.4. The molecular formula is C58H74BrNO5. The largest absolute Gasteiger partial charge is 0.481 e. The third kappa shape index (κ3) is 21.3. The Hall–Kier alpha value is -5.65. The number of halogens is 1. The van der Waals surface area contributed by atoms with E-state index in [0.29, 0.717) is 6.42 Å². The van der Waals surface area contributed by atoms with Crippen LogP contribution in [0, 0.1) is 94.4 Å². The zero-order valence-electron chi connectivity index (χ0n) is 41.5. The lowest BCUT2D eigenvalue weighted by molar-refractivity contribution is -0.136.